The van der Waals surface area contributed by atoms with Crippen LogP contribution in [0.25, 0.3) is 5.69 Å². The van der Waals surface area contributed by atoms with Crippen molar-refractivity contribution in [1.82, 2.24) is 9.78 Å². The Morgan fingerprint density at radius 3 is 2.61 bits per heavy atom. The fourth-order valence-electron chi connectivity index (χ4n) is 8.45. The van der Waals surface area contributed by atoms with Gasteiger partial charge in [0.2, 0.25) is 0 Å². The molecule has 0 amide bonds. The fourth-order valence-corrected chi connectivity index (χ4v) is 8.45. The van der Waals surface area contributed by atoms with Crippen molar-refractivity contribution in [2.24, 2.45) is 28.6 Å². The van der Waals surface area contributed by atoms with Gasteiger partial charge in [-0.2, -0.15) is 5.10 Å². The van der Waals surface area contributed by atoms with Crippen LogP contribution < -0.4 is 0 Å². The molecule has 2 aromatic rings. The van der Waals surface area contributed by atoms with E-state index in [2.05, 4.69) is 25.0 Å². The second kappa shape index (κ2) is 8.75. The van der Waals surface area contributed by atoms with Crippen molar-refractivity contribution in [2.75, 3.05) is 7.11 Å². The molecule has 1 aromatic carbocycles. The number of hydrogen-bond acceptors (Lipinski definition) is 6. The summed E-state index contributed by atoms with van der Waals surface area (Å²) >= 11 is 0. The van der Waals surface area contributed by atoms with Gasteiger partial charge in [-0.1, -0.05) is 25.5 Å². The number of allylic oxidation sites excluding steroid dienone is 4. The number of fused-ring (bicyclic) bond motifs is 5. The lowest BCUT2D eigenvalue weighted by Gasteiger charge is -2.57. The summed E-state index contributed by atoms with van der Waals surface area (Å²) in [7, 11) is 1.35. The number of carbonyl (C=O) groups excluding carboxylic acids is 2. The number of benzene rings is 1. The highest BCUT2D eigenvalue weighted by Gasteiger charge is 2.59. The van der Waals surface area contributed by atoms with Crippen LogP contribution in [0.1, 0.15) is 74.5 Å². The van der Waals surface area contributed by atoms with Crippen LogP contribution in [0, 0.1) is 38.7 Å². The third kappa shape index (κ3) is 3.60. The van der Waals surface area contributed by atoms with Crippen LogP contribution in [-0.2, 0) is 9.53 Å². The molecule has 38 heavy (non-hydrogen) atoms. The SMILES string of the molecule is COC(=O)c1cc([C@H]2CC[C@H]3[C@@H]4CCC5=CC(=O)C=C[C@]5(C)[C@H]4CC[C@]23C)n(-c2ccc([N+](=O)[O-])cc2)n1. The standard InChI is InChI=1S/C30H33N3O5/c1-29-14-12-21(34)16-18(29)4-9-22-23-10-11-25(30(23,2)15-13-24(22)29)27-17-26(28(35)38-3)31-32(27)19-5-7-20(8-6-19)33(36)37/h5-8,12,14,16-17,22-25H,4,9-11,13,15H2,1-3H3/t22-,23-,24-,25+,29-,30-/m0/s1. The molecule has 198 valence electrons. The van der Waals surface area contributed by atoms with Gasteiger partial charge in [0.25, 0.3) is 5.69 Å². The molecule has 8 nitrogen and oxygen atoms in total. The molecule has 3 saturated carbocycles. The molecular formula is C30H33N3O5. The van der Waals surface area contributed by atoms with Crippen molar-refractivity contribution < 1.29 is 19.2 Å². The Bertz CT molecular complexity index is 1390. The maximum absolute atomic E-state index is 12.5. The van der Waals surface area contributed by atoms with Crippen molar-refractivity contribution >= 4 is 17.4 Å². The Hall–Kier alpha value is -3.55. The number of ether oxygens (including phenoxy) is 1. The molecule has 0 bridgehead atoms. The van der Waals surface area contributed by atoms with E-state index in [1.165, 1.54) is 24.8 Å². The Morgan fingerprint density at radius 2 is 1.89 bits per heavy atom. The summed E-state index contributed by atoms with van der Waals surface area (Å²) in [5, 5.41) is 15.8. The van der Waals surface area contributed by atoms with Crippen LogP contribution >= 0.6 is 0 Å². The third-order valence-electron chi connectivity index (χ3n) is 10.4. The topological polar surface area (TPSA) is 104 Å². The average molecular weight is 516 g/mol. The summed E-state index contributed by atoms with van der Waals surface area (Å²) in [6.45, 7) is 4.73. The number of rotatable bonds is 4. The highest BCUT2D eigenvalue weighted by Crippen LogP contribution is 2.67. The Balaban J connectivity index is 1.37. The van der Waals surface area contributed by atoms with E-state index in [0.29, 0.717) is 23.4 Å². The zero-order valence-corrected chi connectivity index (χ0v) is 22.1. The van der Waals surface area contributed by atoms with Crippen molar-refractivity contribution in [3.05, 3.63) is 75.6 Å². The fraction of sp³-hybridized carbons (Fsp3) is 0.500. The number of nitrogens with zero attached hydrogens (tertiary/aromatic N) is 3. The molecule has 4 aliphatic carbocycles. The average Bonchev–Trinajstić information content (AvgIpc) is 3.49. The number of methoxy groups -OCH3 is 1. The Kier molecular flexibility index (Phi) is 5.70. The van der Waals surface area contributed by atoms with Crippen molar-refractivity contribution in [1.29, 1.82) is 0 Å². The number of ketones is 1. The molecular weight excluding hydrogens is 482 g/mol. The zero-order chi connectivity index (χ0) is 26.8. The maximum Gasteiger partial charge on any atom is 0.358 e. The lowest BCUT2D eigenvalue weighted by molar-refractivity contribution is -0.384. The smallest absolute Gasteiger partial charge is 0.358 e. The lowest BCUT2D eigenvalue weighted by Crippen LogP contribution is -2.49. The molecule has 6 rings (SSSR count). The van der Waals surface area contributed by atoms with Gasteiger partial charge in [-0.3, -0.25) is 14.9 Å². The second-order valence-corrected chi connectivity index (χ2v) is 11.9. The van der Waals surface area contributed by atoms with Crippen LogP contribution in [-0.4, -0.2) is 33.6 Å². The van der Waals surface area contributed by atoms with Crippen LogP contribution in [0.5, 0.6) is 0 Å². The normalized spacial score (nSPS) is 33.7. The lowest BCUT2D eigenvalue weighted by atomic mass is 9.47. The first-order chi connectivity index (χ1) is 18.2. The summed E-state index contributed by atoms with van der Waals surface area (Å²) in [5.41, 5.74) is 3.21. The number of nitro groups is 1. The molecule has 0 unspecified atom stereocenters. The molecule has 1 heterocycles. The number of non-ortho nitro benzene ring substituents is 1. The van der Waals surface area contributed by atoms with Gasteiger partial charge in [0, 0.05) is 29.2 Å². The molecule has 0 N–H and O–H groups in total. The minimum absolute atomic E-state index is 0.0135. The van der Waals surface area contributed by atoms with Gasteiger partial charge in [0.1, 0.15) is 0 Å². The predicted molar refractivity (Wildman–Crippen MR) is 141 cm³/mol. The van der Waals surface area contributed by atoms with Crippen molar-refractivity contribution in [2.45, 2.75) is 58.3 Å². The second-order valence-electron chi connectivity index (χ2n) is 11.9. The minimum atomic E-state index is -0.492. The van der Waals surface area contributed by atoms with E-state index in [1.807, 2.05) is 12.1 Å². The molecule has 8 heteroatoms. The Labute approximate surface area is 221 Å². The predicted octanol–water partition coefficient (Wildman–Crippen LogP) is 5.96. The molecule has 0 saturated heterocycles. The molecule has 3 fully saturated rings. The minimum Gasteiger partial charge on any atom is -0.464 e. The number of aromatic nitrogens is 2. The van der Waals surface area contributed by atoms with Crippen LogP contribution in [0.3, 0.4) is 0 Å². The summed E-state index contributed by atoms with van der Waals surface area (Å²) < 4.78 is 6.78. The number of carbonyl (C=O) groups is 2. The number of esters is 1. The van der Waals surface area contributed by atoms with Gasteiger partial charge in [0.05, 0.1) is 17.7 Å². The van der Waals surface area contributed by atoms with Gasteiger partial charge < -0.3 is 4.74 Å². The van der Waals surface area contributed by atoms with Crippen molar-refractivity contribution in [3.8, 4) is 5.69 Å². The van der Waals surface area contributed by atoms with Gasteiger partial charge >= 0.3 is 5.97 Å². The van der Waals surface area contributed by atoms with Crippen LogP contribution in [0.4, 0.5) is 5.69 Å². The van der Waals surface area contributed by atoms with Gasteiger partial charge in [0.15, 0.2) is 11.5 Å². The van der Waals surface area contributed by atoms with Gasteiger partial charge in [-0.15, -0.1) is 0 Å². The molecule has 0 radical (unpaired) electrons. The van der Waals surface area contributed by atoms with E-state index >= 15 is 0 Å². The Morgan fingerprint density at radius 1 is 1.13 bits per heavy atom. The van der Waals surface area contributed by atoms with Crippen molar-refractivity contribution in [3.63, 3.8) is 0 Å². The van der Waals surface area contributed by atoms with Gasteiger partial charge in [-0.05, 0) is 92.0 Å². The van der Waals surface area contributed by atoms with E-state index in [-0.39, 0.29) is 33.9 Å². The summed E-state index contributed by atoms with van der Waals surface area (Å²) in [4.78, 5) is 35.4. The van der Waals surface area contributed by atoms with Gasteiger partial charge in [-0.25, -0.2) is 9.48 Å². The maximum atomic E-state index is 12.5. The first-order valence-corrected chi connectivity index (χ1v) is 13.5. The zero-order valence-electron chi connectivity index (χ0n) is 22.1. The van der Waals surface area contributed by atoms with E-state index in [9.17, 15) is 19.7 Å². The van der Waals surface area contributed by atoms with Crippen LogP contribution in [0.2, 0.25) is 0 Å². The number of nitro benzene ring substituents is 1. The van der Waals surface area contributed by atoms with E-state index in [0.717, 1.165) is 44.2 Å². The largest absolute Gasteiger partial charge is 0.464 e. The van der Waals surface area contributed by atoms with Crippen LogP contribution in [0.15, 0.2) is 54.1 Å². The van der Waals surface area contributed by atoms with E-state index < -0.39 is 10.9 Å². The van der Waals surface area contributed by atoms with E-state index in [1.54, 1.807) is 22.9 Å². The molecule has 4 aliphatic rings. The molecule has 0 aliphatic heterocycles. The first kappa shape index (κ1) is 24.8. The quantitative estimate of drug-likeness (QED) is 0.283. The monoisotopic (exact) mass is 515 g/mol. The number of hydrogen-bond donors (Lipinski definition) is 0. The van der Waals surface area contributed by atoms with E-state index in [4.69, 9.17) is 4.74 Å². The summed E-state index contributed by atoms with van der Waals surface area (Å²) in [6, 6.07) is 8.18. The molecule has 0 spiro atoms. The highest BCUT2D eigenvalue weighted by molar-refractivity contribution is 6.01. The third-order valence-corrected chi connectivity index (χ3v) is 10.4. The first-order valence-electron chi connectivity index (χ1n) is 13.5. The molecule has 6 atom stereocenters. The summed E-state index contributed by atoms with van der Waals surface area (Å²) in [6.07, 6.45) is 12.1. The summed E-state index contributed by atoms with van der Waals surface area (Å²) in [5.74, 6) is 1.45. The highest BCUT2D eigenvalue weighted by atomic mass is 16.6. The molecule has 1 aromatic heterocycles.